The third-order valence-corrected chi connectivity index (χ3v) is 4.16. The van der Waals surface area contributed by atoms with E-state index >= 15 is 0 Å². The Morgan fingerprint density at radius 1 is 1.19 bits per heavy atom. The van der Waals surface area contributed by atoms with Crippen LogP contribution in [0.2, 0.25) is 0 Å². The minimum atomic E-state index is -0.811. The van der Waals surface area contributed by atoms with Gasteiger partial charge in [0, 0.05) is 28.3 Å². The highest BCUT2D eigenvalue weighted by Crippen LogP contribution is 2.13. The average molecular weight is 239 g/mol. The van der Waals surface area contributed by atoms with Gasteiger partial charge in [0.1, 0.15) is 0 Å². The fraction of sp³-hybridized carbons (Fsp3) is 0.538. The van der Waals surface area contributed by atoms with Gasteiger partial charge in [-0.15, -0.1) is 0 Å². The van der Waals surface area contributed by atoms with E-state index in [1.54, 1.807) is 0 Å². The van der Waals surface area contributed by atoms with Crippen molar-refractivity contribution in [3.05, 3.63) is 35.4 Å². The molecule has 1 aromatic rings. The smallest absolute Gasteiger partial charge is 0.0428 e. The second kappa shape index (κ2) is 6.16. The molecule has 0 saturated carbocycles. The normalized spacial score (nSPS) is 15.1. The first kappa shape index (κ1) is 13.4. The van der Waals surface area contributed by atoms with Crippen molar-refractivity contribution in [1.82, 2.24) is 0 Å². The molecule has 1 aromatic carbocycles. The molecule has 0 aliphatic carbocycles. The number of hydrogen-bond acceptors (Lipinski definition) is 2. The minimum absolute atomic E-state index is 0.111. The number of rotatable bonds is 5. The van der Waals surface area contributed by atoms with Crippen LogP contribution in [0.25, 0.3) is 0 Å². The van der Waals surface area contributed by atoms with Crippen molar-refractivity contribution in [2.24, 2.45) is 11.7 Å². The van der Waals surface area contributed by atoms with Crippen LogP contribution < -0.4 is 5.73 Å². The Kier molecular flexibility index (Phi) is 5.16. The lowest BCUT2D eigenvalue weighted by Gasteiger charge is -2.13. The molecule has 1 rings (SSSR count). The molecule has 90 valence electrons. The van der Waals surface area contributed by atoms with Crippen LogP contribution in [-0.2, 0) is 10.8 Å². The van der Waals surface area contributed by atoms with Crippen molar-refractivity contribution in [3.8, 4) is 0 Å². The zero-order valence-electron chi connectivity index (χ0n) is 10.3. The SMILES string of the molecule is Cc1ccc(C(N)CS(=O)CC(C)C)cc1. The van der Waals surface area contributed by atoms with E-state index in [4.69, 9.17) is 5.73 Å². The van der Waals surface area contributed by atoms with E-state index in [0.717, 1.165) is 11.3 Å². The molecule has 0 aliphatic rings. The van der Waals surface area contributed by atoms with Crippen molar-refractivity contribution in [3.63, 3.8) is 0 Å². The molecule has 0 heterocycles. The molecule has 0 saturated heterocycles. The molecule has 0 amide bonds. The molecular weight excluding hydrogens is 218 g/mol. The second-order valence-electron chi connectivity index (χ2n) is 4.68. The van der Waals surface area contributed by atoms with Crippen LogP contribution in [0, 0.1) is 12.8 Å². The zero-order valence-corrected chi connectivity index (χ0v) is 11.1. The third-order valence-electron chi connectivity index (χ3n) is 2.39. The number of hydrogen-bond donors (Lipinski definition) is 1. The molecule has 3 heteroatoms. The summed E-state index contributed by atoms with van der Waals surface area (Å²) in [5.41, 5.74) is 8.32. The third kappa shape index (κ3) is 4.45. The summed E-state index contributed by atoms with van der Waals surface area (Å²) in [6.45, 7) is 6.21. The largest absolute Gasteiger partial charge is 0.323 e. The summed E-state index contributed by atoms with van der Waals surface area (Å²) < 4.78 is 11.7. The van der Waals surface area contributed by atoms with E-state index in [1.807, 2.05) is 31.2 Å². The van der Waals surface area contributed by atoms with Crippen LogP contribution in [-0.4, -0.2) is 15.7 Å². The van der Waals surface area contributed by atoms with Crippen LogP contribution in [0.5, 0.6) is 0 Å². The Balaban J connectivity index is 2.55. The van der Waals surface area contributed by atoms with Crippen LogP contribution >= 0.6 is 0 Å². The predicted octanol–water partition coefficient (Wildman–Crippen LogP) is 2.40. The van der Waals surface area contributed by atoms with E-state index in [-0.39, 0.29) is 6.04 Å². The predicted molar refractivity (Wildman–Crippen MR) is 70.8 cm³/mol. The molecule has 0 spiro atoms. The monoisotopic (exact) mass is 239 g/mol. The molecule has 0 bridgehead atoms. The maximum Gasteiger partial charge on any atom is 0.0428 e. The standard InChI is InChI=1S/C13H21NOS/c1-10(2)8-16(15)9-13(14)12-6-4-11(3)5-7-12/h4-7,10,13H,8-9,14H2,1-3H3. The van der Waals surface area contributed by atoms with Gasteiger partial charge in [0.2, 0.25) is 0 Å². The van der Waals surface area contributed by atoms with Crippen molar-refractivity contribution in [1.29, 1.82) is 0 Å². The van der Waals surface area contributed by atoms with E-state index in [0.29, 0.717) is 11.7 Å². The highest BCUT2D eigenvalue weighted by atomic mass is 32.2. The average Bonchev–Trinajstić information content (AvgIpc) is 2.16. The van der Waals surface area contributed by atoms with Gasteiger partial charge in [0.25, 0.3) is 0 Å². The summed E-state index contributed by atoms with van der Waals surface area (Å²) in [6.07, 6.45) is 0. The van der Waals surface area contributed by atoms with Crippen LogP contribution in [0.1, 0.15) is 31.0 Å². The highest BCUT2D eigenvalue weighted by molar-refractivity contribution is 7.85. The van der Waals surface area contributed by atoms with Gasteiger partial charge in [0.05, 0.1) is 0 Å². The first-order valence-electron chi connectivity index (χ1n) is 5.66. The topological polar surface area (TPSA) is 43.1 Å². The molecule has 16 heavy (non-hydrogen) atoms. The fourth-order valence-electron chi connectivity index (χ4n) is 1.55. The van der Waals surface area contributed by atoms with Crippen molar-refractivity contribution in [2.75, 3.05) is 11.5 Å². The van der Waals surface area contributed by atoms with Gasteiger partial charge in [0.15, 0.2) is 0 Å². The van der Waals surface area contributed by atoms with Gasteiger partial charge in [-0.3, -0.25) is 4.21 Å². The molecular formula is C13H21NOS. The van der Waals surface area contributed by atoms with Gasteiger partial charge in [-0.2, -0.15) is 0 Å². The lowest BCUT2D eigenvalue weighted by molar-refractivity contribution is 0.657. The van der Waals surface area contributed by atoms with E-state index in [1.165, 1.54) is 5.56 Å². The zero-order chi connectivity index (χ0) is 12.1. The molecule has 2 N–H and O–H groups in total. The molecule has 0 aliphatic heterocycles. The molecule has 0 radical (unpaired) electrons. The maximum absolute atomic E-state index is 11.7. The van der Waals surface area contributed by atoms with Gasteiger partial charge in [-0.25, -0.2) is 0 Å². The number of nitrogens with two attached hydrogens (primary N) is 1. The first-order chi connectivity index (χ1) is 7.49. The summed E-state index contributed by atoms with van der Waals surface area (Å²) in [4.78, 5) is 0. The Hall–Kier alpha value is -0.670. The lowest BCUT2D eigenvalue weighted by atomic mass is 10.1. The van der Waals surface area contributed by atoms with E-state index in [9.17, 15) is 4.21 Å². The quantitative estimate of drug-likeness (QED) is 0.857. The second-order valence-corrected chi connectivity index (χ2v) is 6.23. The number of aryl methyl sites for hydroxylation is 1. The fourth-order valence-corrected chi connectivity index (χ4v) is 3.02. The minimum Gasteiger partial charge on any atom is -0.323 e. The summed E-state index contributed by atoms with van der Waals surface area (Å²) in [5.74, 6) is 1.76. The Morgan fingerprint density at radius 3 is 2.25 bits per heavy atom. The van der Waals surface area contributed by atoms with E-state index < -0.39 is 10.8 Å². The van der Waals surface area contributed by atoms with Gasteiger partial charge in [-0.1, -0.05) is 43.7 Å². The van der Waals surface area contributed by atoms with Gasteiger partial charge < -0.3 is 5.73 Å². The summed E-state index contributed by atoms with van der Waals surface area (Å²) in [7, 11) is -0.811. The van der Waals surface area contributed by atoms with Gasteiger partial charge >= 0.3 is 0 Å². The van der Waals surface area contributed by atoms with Gasteiger partial charge in [-0.05, 0) is 18.4 Å². The van der Waals surface area contributed by atoms with Crippen LogP contribution in [0.4, 0.5) is 0 Å². The summed E-state index contributed by atoms with van der Waals surface area (Å²) in [5, 5.41) is 0. The highest BCUT2D eigenvalue weighted by Gasteiger charge is 2.11. The molecule has 2 atom stereocenters. The lowest BCUT2D eigenvalue weighted by Crippen LogP contribution is -2.21. The number of benzene rings is 1. The Morgan fingerprint density at radius 2 is 1.75 bits per heavy atom. The Labute approximate surface area is 101 Å². The van der Waals surface area contributed by atoms with Crippen LogP contribution in [0.3, 0.4) is 0 Å². The van der Waals surface area contributed by atoms with Crippen molar-refractivity contribution in [2.45, 2.75) is 26.8 Å². The molecule has 2 nitrogen and oxygen atoms in total. The van der Waals surface area contributed by atoms with Crippen molar-refractivity contribution < 1.29 is 4.21 Å². The molecule has 2 unspecified atom stereocenters. The van der Waals surface area contributed by atoms with Crippen molar-refractivity contribution >= 4 is 10.8 Å². The van der Waals surface area contributed by atoms with E-state index in [2.05, 4.69) is 13.8 Å². The first-order valence-corrected chi connectivity index (χ1v) is 7.15. The summed E-state index contributed by atoms with van der Waals surface area (Å²) >= 11 is 0. The maximum atomic E-state index is 11.7. The molecule has 0 aromatic heterocycles. The van der Waals surface area contributed by atoms with Crippen LogP contribution in [0.15, 0.2) is 24.3 Å². The Bertz CT molecular complexity index is 345. The summed E-state index contributed by atoms with van der Waals surface area (Å²) in [6, 6.07) is 8.01. The molecule has 0 fully saturated rings.